The van der Waals surface area contributed by atoms with Crippen LogP contribution in [-0.4, -0.2) is 27.6 Å². The van der Waals surface area contributed by atoms with Crippen LogP contribution in [0.4, 0.5) is 0 Å². The first kappa shape index (κ1) is 25.1. The zero-order valence-electron chi connectivity index (χ0n) is 23.7. The van der Waals surface area contributed by atoms with Crippen LogP contribution in [0.15, 0.2) is 151 Å². The molecule has 1 atom stereocenters. The van der Waals surface area contributed by atoms with Gasteiger partial charge in [-0.15, -0.1) is 0 Å². The van der Waals surface area contributed by atoms with Crippen molar-refractivity contribution in [3.8, 4) is 22.6 Å². The molecule has 0 saturated carbocycles. The maximum absolute atomic E-state index is 5.40. The summed E-state index contributed by atoms with van der Waals surface area (Å²) >= 11 is 0. The van der Waals surface area contributed by atoms with Crippen molar-refractivity contribution in [1.82, 2.24) is 14.9 Å². The van der Waals surface area contributed by atoms with E-state index < -0.39 is 0 Å². The molecule has 0 bridgehead atoms. The Labute approximate surface area is 250 Å². The maximum atomic E-state index is 5.40. The molecule has 4 heteroatoms. The number of nitrogens with zero attached hydrogens (tertiary/aromatic N) is 4. The van der Waals surface area contributed by atoms with Crippen LogP contribution in [0, 0.1) is 0 Å². The molecule has 0 spiro atoms. The molecule has 4 nitrogen and oxygen atoms in total. The Morgan fingerprint density at radius 2 is 1.28 bits per heavy atom. The SMILES string of the molecule is CN1C=CC(c2c3ccccc3c(-c3ccnc(-c4ccccc4)n3)c3ccc4ccccc4c23)=NC1c1ccccc1. The molecule has 0 saturated heterocycles. The van der Waals surface area contributed by atoms with Crippen LogP contribution < -0.4 is 0 Å². The van der Waals surface area contributed by atoms with Crippen LogP contribution in [0.3, 0.4) is 0 Å². The van der Waals surface area contributed by atoms with E-state index in [1.54, 1.807) is 0 Å². The van der Waals surface area contributed by atoms with Gasteiger partial charge in [-0.2, -0.15) is 0 Å². The Morgan fingerprint density at radius 3 is 2.07 bits per heavy atom. The molecular formula is C39H28N4. The number of rotatable bonds is 4. The van der Waals surface area contributed by atoms with Gasteiger partial charge in [0.2, 0.25) is 0 Å². The first-order valence-electron chi connectivity index (χ1n) is 14.5. The van der Waals surface area contributed by atoms with Crippen molar-refractivity contribution in [3.63, 3.8) is 0 Å². The predicted molar refractivity (Wildman–Crippen MR) is 178 cm³/mol. The number of hydrogen-bond acceptors (Lipinski definition) is 4. The van der Waals surface area contributed by atoms with E-state index in [2.05, 4.69) is 132 Å². The van der Waals surface area contributed by atoms with Gasteiger partial charge in [0.25, 0.3) is 0 Å². The van der Waals surface area contributed by atoms with Crippen molar-refractivity contribution >= 4 is 38.0 Å². The molecule has 8 rings (SSSR count). The Hall–Kier alpha value is -5.61. The molecule has 7 aromatic rings. The third-order valence-electron chi connectivity index (χ3n) is 8.33. The lowest BCUT2D eigenvalue weighted by Crippen LogP contribution is -2.23. The molecular weight excluding hydrogens is 524 g/mol. The summed E-state index contributed by atoms with van der Waals surface area (Å²) in [7, 11) is 2.09. The van der Waals surface area contributed by atoms with Gasteiger partial charge in [0, 0.05) is 41.5 Å². The Morgan fingerprint density at radius 1 is 0.605 bits per heavy atom. The van der Waals surface area contributed by atoms with E-state index in [0.29, 0.717) is 5.82 Å². The molecule has 0 fully saturated rings. The third-order valence-corrected chi connectivity index (χ3v) is 8.33. The van der Waals surface area contributed by atoms with Gasteiger partial charge in [0.05, 0.1) is 11.4 Å². The second kappa shape index (κ2) is 10.3. The summed E-state index contributed by atoms with van der Waals surface area (Å²) in [5.74, 6) is 0.716. The number of hydrogen-bond donors (Lipinski definition) is 0. The average molecular weight is 553 g/mol. The highest BCUT2D eigenvalue weighted by molar-refractivity contribution is 6.32. The number of fused-ring (bicyclic) bond motifs is 4. The number of aliphatic imine (C=N–C) groups is 1. The summed E-state index contributed by atoms with van der Waals surface area (Å²) in [6, 6.07) is 44.5. The van der Waals surface area contributed by atoms with Crippen LogP contribution >= 0.6 is 0 Å². The van der Waals surface area contributed by atoms with Crippen molar-refractivity contribution in [2.45, 2.75) is 6.17 Å². The molecule has 43 heavy (non-hydrogen) atoms. The standard InChI is InChI=1S/C39H28N4/c1-43-25-23-34(42-39(43)28-15-6-3-7-16-28)37-31-19-11-10-18-30(31)35(32-21-20-26-12-8-9-17-29(26)36(32)37)33-22-24-40-38(41-33)27-13-4-2-5-14-27/h2-25,39H,1H3. The quantitative estimate of drug-likeness (QED) is 0.161. The third kappa shape index (κ3) is 4.27. The fourth-order valence-corrected chi connectivity index (χ4v) is 6.33. The zero-order chi connectivity index (χ0) is 28.8. The van der Waals surface area contributed by atoms with E-state index in [9.17, 15) is 0 Å². The molecule has 0 amide bonds. The number of allylic oxidation sites excluding steroid dienone is 1. The first-order valence-corrected chi connectivity index (χ1v) is 14.5. The lowest BCUT2D eigenvalue weighted by Gasteiger charge is -2.29. The molecule has 6 aromatic carbocycles. The molecule has 204 valence electrons. The van der Waals surface area contributed by atoms with Gasteiger partial charge in [-0.25, -0.2) is 9.97 Å². The van der Waals surface area contributed by atoms with Gasteiger partial charge in [0.1, 0.15) is 6.17 Å². The molecule has 0 radical (unpaired) electrons. The van der Waals surface area contributed by atoms with Crippen molar-refractivity contribution in [2.24, 2.45) is 4.99 Å². The summed E-state index contributed by atoms with van der Waals surface area (Å²) < 4.78 is 0. The van der Waals surface area contributed by atoms with Crippen LogP contribution in [0.5, 0.6) is 0 Å². The van der Waals surface area contributed by atoms with Crippen molar-refractivity contribution in [1.29, 1.82) is 0 Å². The summed E-state index contributed by atoms with van der Waals surface area (Å²) in [6.45, 7) is 0. The summed E-state index contributed by atoms with van der Waals surface area (Å²) in [4.78, 5) is 17.3. The second-order valence-corrected chi connectivity index (χ2v) is 10.9. The maximum Gasteiger partial charge on any atom is 0.159 e. The Balaban J connectivity index is 1.47. The largest absolute Gasteiger partial charge is 0.355 e. The minimum absolute atomic E-state index is 0.111. The topological polar surface area (TPSA) is 41.4 Å². The van der Waals surface area contributed by atoms with Gasteiger partial charge >= 0.3 is 0 Å². The number of benzene rings is 6. The van der Waals surface area contributed by atoms with E-state index >= 15 is 0 Å². The van der Waals surface area contributed by atoms with Crippen LogP contribution in [0.25, 0.3) is 55.0 Å². The summed E-state index contributed by atoms with van der Waals surface area (Å²) in [5, 5.41) is 7.03. The Bertz CT molecular complexity index is 2200. The van der Waals surface area contributed by atoms with Crippen LogP contribution in [0.1, 0.15) is 17.3 Å². The molecule has 1 aliphatic rings. The second-order valence-electron chi connectivity index (χ2n) is 10.9. The Kier molecular flexibility index (Phi) is 6.04. The van der Waals surface area contributed by atoms with E-state index in [1.165, 1.54) is 16.2 Å². The lowest BCUT2D eigenvalue weighted by molar-refractivity contribution is 0.344. The van der Waals surface area contributed by atoms with Gasteiger partial charge < -0.3 is 4.90 Å². The molecule has 2 heterocycles. The van der Waals surface area contributed by atoms with Crippen molar-refractivity contribution in [2.75, 3.05) is 7.05 Å². The van der Waals surface area contributed by atoms with Crippen molar-refractivity contribution in [3.05, 3.63) is 157 Å². The molecule has 0 aliphatic carbocycles. The van der Waals surface area contributed by atoms with E-state index in [1.807, 2.05) is 30.5 Å². The molecule has 1 aromatic heterocycles. The van der Waals surface area contributed by atoms with E-state index in [0.717, 1.165) is 49.8 Å². The minimum atomic E-state index is -0.111. The van der Waals surface area contributed by atoms with Crippen LogP contribution in [0.2, 0.25) is 0 Å². The molecule has 0 N–H and O–H groups in total. The normalized spacial score (nSPS) is 14.9. The average Bonchev–Trinajstić information content (AvgIpc) is 3.08. The number of aromatic nitrogens is 2. The summed E-state index contributed by atoms with van der Waals surface area (Å²) in [6.07, 6.45) is 6.06. The fraction of sp³-hybridized carbons (Fsp3) is 0.0513. The van der Waals surface area contributed by atoms with E-state index in [4.69, 9.17) is 9.98 Å². The lowest BCUT2D eigenvalue weighted by atomic mass is 9.85. The minimum Gasteiger partial charge on any atom is -0.355 e. The van der Waals surface area contributed by atoms with Gasteiger partial charge in [-0.1, -0.05) is 121 Å². The van der Waals surface area contributed by atoms with Crippen molar-refractivity contribution < 1.29 is 0 Å². The van der Waals surface area contributed by atoms with Crippen LogP contribution in [-0.2, 0) is 0 Å². The fourth-order valence-electron chi connectivity index (χ4n) is 6.33. The molecule has 1 unspecified atom stereocenters. The van der Waals surface area contributed by atoms with Gasteiger partial charge in [-0.3, -0.25) is 4.99 Å². The highest BCUT2D eigenvalue weighted by atomic mass is 15.2. The summed E-state index contributed by atoms with van der Waals surface area (Å²) in [5.41, 5.74) is 6.29. The molecule has 1 aliphatic heterocycles. The van der Waals surface area contributed by atoms with Gasteiger partial charge in [0.15, 0.2) is 5.82 Å². The predicted octanol–water partition coefficient (Wildman–Crippen LogP) is 9.22. The smallest absolute Gasteiger partial charge is 0.159 e. The highest BCUT2D eigenvalue weighted by Gasteiger charge is 2.24. The monoisotopic (exact) mass is 552 g/mol. The van der Waals surface area contributed by atoms with Gasteiger partial charge in [-0.05, 0) is 44.6 Å². The van der Waals surface area contributed by atoms with E-state index in [-0.39, 0.29) is 6.17 Å². The highest BCUT2D eigenvalue weighted by Crippen LogP contribution is 2.43. The zero-order valence-corrected chi connectivity index (χ0v) is 23.7. The first-order chi connectivity index (χ1) is 21.3.